The Hall–Kier alpha value is -2.37. The van der Waals surface area contributed by atoms with Crippen LogP contribution in [0.2, 0.25) is 0 Å². The quantitative estimate of drug-likeness (QED) is 0.852. The molecule has 2 aromatic rings. The summed E-state index contributed by atoms with van der Waals surface area (Å²) in [5, 5.41) is 16.4. The van der Waals surface area contributed by atoms with Crippen LogP contribution in [0.4, 0.5) is 5.82 Å². The van der Waals surface area contributed by atoms with Gasteiger partial charge in [-0.2, -0.15) is 5.10 Å². The second-order valence-electron chi connectivity index (χ2n) is 5.32. The maximum atomic E-state index is 11.2. The highest BCUT2D eigenvalue weighted by Crippen LogP contribution is 2.17. The summed E-state index contributed by atoms with van der Waals surface area (Å²) < 4.78 is 1.76. The van der Waals surface area contributed by atoms with Crippen molar-refractivity contribution in [2.24, 2.45) is 7.05 Å². The minimum absolute atomic E-state index is 0.183. The number of aromatic carboxylic acids is 1. The van der Waals surface area contributed by atoms with Crippen LogP contribution in [-0.4, -0.2) is 32.4 Å². The van der Waals surface area contributed by atoms with Gasteiger partial charge in [0.15, 0.2) is 0 Å². The number of anilines is 1. The Kier molecular flexibility index (Phi) is 4.57. The number of hydrogen-bond donors (Lipinski definition) is 2. The number of carboxylic acids is 1. The zero-order valence-electron chi connectivity index (χ0n) is 12.5. The summed E-state index contributed by atoms with van der Waals surface area (Å²) in [4.78, 5) is 15.6. The lowest BCUT2D eigenvalue weighted by molar-refractivity contribution is 0.0696. The van der Waals surface area contributed by atoms with Gasteiger partial charge in [0.2, 0.25) is 0 Å². The average molecular weight is 288 g/mol. The first kappa shape index (κ1) is 15.0. The molecule has 0 atom stereocenters. The van der Waals surface area contributed by atoms with Gasteiger partial charge in [-0.15, -0.1) is 0 Å². The number of carbonyl (C=O) groups is 1. The summed E-state index contributed by atoms with van der Waals surface area (Å²) in [6.07, 6.45) is 4.59. The molecule has 6 nitrogen and oxygen atoms in total. The van der Waals surface area contributed by atoms with E-state index in [4.69, 9.17) is 5.11 Å². The number of aryl methyl sites for hydroxylation is 1. The molecule has 0 bridgehead atoms. The minimum Gasteiger partial charge on any atom is -0.478 e. The number of pyridine rings is 1. The van der Waals surface area contributed by atoms with Gasteiger partial charge in [-0.3, -0.25) is 4.68 Å². The highest BCUT2D eigenvalue weighted by Gasteiger charge is 2.10. The van der Waals surface area contributed by atoms with Gasteiger partial charge in [0.1, 0.15) is 5.82 Å². The molecule has 0 radical (unpaired) electrons. The van der Waals surface area contributed by atoms with Crippen molar-refractivity contribution in [3.63, 3.8) is 0 Å². The summed E-state index contributed by atoms with van der Waals surface area (Å²) in [5.41, 5.74) is 2.17. The molecule has 2 aromatic heterocycles. The summed E-state index contributed by atoms with van der Waals surface area (Å²) in [5.74, 6) is -0.153. The Morgan fingerprint density at radius 1 is 1.43 bits per heavy atom. The lowest BCUT2D eigenvalue weighted by Crippen LogP contribution is -2.09. The van der Waals surface area contributed by atoms with Crippen LogP contribution in [0.1, 0.15) is 41.4 Å². The van der Waals surface area contributed by atoms with Crippen molar-refractivity contribution in [3.8, 4) is 0 Å². The predicted octanol–water partition coefficient (Wildman–Crippen LogP) is 2.29. The van der Waals surface area contributed by atoms with Crippen LogP contribution in [0.5, 0.6) is 0 Å². The third kappa shape index (κ3) is 4.05. The molecule has 2 heterocycles. The summed E-state index contributed by atoms with van der Waals surface area (Å²) in [7, 11) is 1.88. The predicted molar refractivity (Wildman–Crippen MR) is 80.7 cm³/mol. The molecule has 0 aliphatic carbocycles. The minimum atomic E-state index is -0.936. The Morgan fingerprint density at radius 3 is 2.76 bits per heavy atom. The van der Waals surface area contributed by atoms with Crippen LogP contribution in [0.3, 0.4) is 0 Å². The maximum absolute atomic E-state index is 11.2. The van der Waals surface area contributed by atoms with Gasteiger partial charge < -0.3 is 10.4 Å². The average Bonchev–Trinajstić information content (AvgIpc) is 2.84. The summed E-state index contributed by atoms with van der Waals surface area (Å²) >= 11 is 0. The molecule has 2 N–H and O–H groups in total. The molecule has 21 heavy (non-hydrogen) atoms. The Balaban J connectivity index is 2.06. The first-order valence-corrected chi connectivity index (χ1v) is 6.92. The van der Waals surface area contributed by atoms with Crippen molar-refractivity contribution in [3.05, 3.63) is 41.3 Å². The topological polar surface area (TPSA) is 80.0 Å². The second-order valence-corrected chi connectivity index (χ2v) is 5.32. The number of hydrogen-bond acceptors (Lipinski definition) is 4. The van der Waals surface area contributed by atoms with E-state index in [0.29, 0.717) is 12.4 Å². The molecule has 0 aliphatic rings. The lowest BCUT2D eigenvalue weighted by Gasteiger charge is -2.11. The highest BCUT2D eigenvalue weighted by atomic mass is 16.4. The first-order chi connectivity index (χ1) is 9.95. The van der Waals surface area contributed by atoms with E-state index in [-0.39, 0.29) is 11.5 Å². The standard InChI is InChI=1S/C15H20N4O2/c1-10(2)13-6-12(15(20)21)7-14(18-13)16-5-4-11-8-17-19(3)9-11/h6-10H,4-5H2,1-3H3,(H,16,18)(H,20,21). The monoisotopic (exact) mass is 288 g/mol. The molecule has 0 aliphatic heterocycles. The van der Waals surface area contributed by atoms with E-state index in [1.165, 1.54) is 0 Å². The maximum Gasteiger partial charge on any atom is 0.335 e. The van der Waals surface area contributed by atoms with Gasteiger partial charge in [0.05, 0.1) is 11.8 Å². The fraction of sp³-hybridized carbons (Fsp3) is 0.400. The molecule has 6 heteroatoms. The van der Waals surface area contributed by atoms with E-state index >= 15 is 0 Å². The van der Waals surface area contributed by atoms with Gasteiger partial charge in [-0.05, 0) is 30.0 Å². The number of nitrogens with zero attached hydrogens (tertiary/aromatic N) is 3. The fourth-order valence-corrected chi connectivity index (χ4v) is 2.00. The normalized spacial score (nSPS) is 10.9. The van der Waals surface area contributed by atoms with E-state index < -0.39 is 5.97 Å². The van der Waals surface area contributed by atoms with Crippen LogP contribution in [-0.2, 0) is 13.5 Å². The molecule has 0 unspecified atom stereocenters. The van der Waals surface area contributed by atoms with Gasteiger partial charge in [0, 0.05) is 25.5 Å². The van der Waals surface area contributed by atoms with Crippen LogP contribution < -0.4 is 5.32 Å². The van der Waals surface area contributed by atoms with Gasteiger partial charge >= 0.3 is 5.97 Å². The van der Waals surface area contributed by atoms with E-state index in [9.17, 15) is 4.79 Å². The SMILES string of the molecule is CC(C)c1cc(C(=O)O)cc(NCCc2cnn(C)c2)n1. The van der Waals surface area contributed by atoms with E-state index in [2.05, 4.69) is 15.4 Å². The van der Waals surface area contributed by atoms with Crippen LogP contribution in [0.15, 0.2) is 24.5 Å². The molecule has 0 spiro atoms. The molecule has 0 aromatic carbocycles. The van der Waals surface area contributed by atoms with Crippen molar-refractivity contribution >= 4 is 11.8 Å². The van der Waals surface area contributed by atoms with Crippen molar-refractivity contribution in [2.75, 3.05) is 11.9 Å². The Labute approximate surface area is 123 Å². The van der Waals surface area contributed by atoms with Crippen molar-refractivity contribution in [1.82, 2.24) is 14.8 Å². The van der Waals surface area contributed by atoms with Gasteiger partial charge in [-0.1, -0.05) is 13.8 Å². The molecule has 0 saturated carbocycles. The number of nitrogens with one attached hydrogen (secondary N) is 1. The molecule has 112 valence electrons. The van der Waals surface area contributed by atoms with E-state index in [0.717, 1.165) is 17.7 Å². The molecule has 0 saturated heterocycles. The first-order valence-electron chi connectivity index (χ1n) is 6.92. The second kappa shape index (κ2) is 6.39. The zero-order valence-corrected chi connectivity index (χ0v) is 12.5. The summed E-state index contributed by atoms with van der Waals surface area (Å²) in [6, 6.07) is 3.19. The third-order valence-corrected chi connectivity index (χ3v) is 3.16. The smallest absolute Gasteiger partial charge is 0.335 e. The largest absolute Gasteiger partial charge is 0.478 e. The highest BCUT2D eigenvalue weighted by molar-refractivity contribution is 5.88. The zero-order chi connectivity index (χ0) is 15.4. The van der Waals surface area contributed by atoms with Gasteiger partial charge in [-0.25, -0.2) is 9.78 Å². The van der Waals surface area contributed by atoms with Gasteiger partial charge in [0.25, 0.3) is 0 Å². The Morgan fingerprint density at radius 2 is 2.19 bits per heavy atom. The van der Waals surface area contributed by atoms with Crippen molar-refractivity contribution in [2.45, 2.75) is 26.2 Å². The molecular weight excluding hydrogens is 268 g/mol. The summed E-state index contributed by atoms with van der Waals surface area (Å²) in [6.45, 7) is 4.67. The van der Waals surface area contributed by atoms with Crippen molar-refractivity contribution in [1.29, 1.82) is 0 Å². The molecule has 2 rings (SSSR count). The molecular formula is C15H20N4O2. The number of aromatic nitrogens is 3. The van der Waals surface area contributed by atoms with Crippen LogP contribution in [0.25, 0.3) is 0 Å². The molecule has 0 amide bonds. The van der Waals surface area contributed by atoms with Crippen LogP contribution >= 0.6 is 0 Å². The van der Waals surface area contributed by atoms with E-state index in [1.54, 1.807) is 16.8 Å². The number of carboxylic acid groups (broad SMARTS) is 1. The Bertz CT molecular complexity index is 634. The third-order valence-electron chi connectivity index (χ3n) is 3.16. The fourth-order valence-electron chi connectivity index (χ4n) is 2.00. The number of rotatable bonds is 6. The van der Waals surface area contributed by atoms with Crippen molar-refractivity contribution < 1.29 is 9.90 Å². The van der Waals surface area contributed by atoms with E-state index in [1.807, 2.05) is 33.3 Å². The van der Waals surface area contributed by atoms with Crippen LogP contribution in [0, 0.1) is 0 Å². The molecule has 0 fully saturated rings. The lowest BCUT2D eigenvalue weighted by atomic mass is 10.1.